The van der Waals surface area contributed by atoms with Gasteiger partial charge >= 0.3 is 0 Å². The minimum atomic E-state index is -0.312. The molecule has 0 radical (unpaired) electrons. The Kier molecular flexibility index (Phi) is 4.66. The zero-order valence-electron chi connectivity index (χ0n) is 14.9. The van der Waals surface area contributed by atoms with Crippen LogP contribution in [0.3, 0.4) is 0 Å². The Balaban J connectivity index is 1.49. The number of aryl methyl sites for hydroxylation is 1. The summed E-state index contributed by atoms with van der Waals surface area (Å²) in [6, 6.07) is 10.2. The molecule has 0 bridgehead atoms. The fraction of sp³-hybridized carbons (Fsp3) is 0.300. The molecule has 3 aromatic rings. The standard InChI is InChI=1S/C20H20ClN3O3/c1-24-18-4-2-3-16(21)19(18)17(23-24)10-22-20(26)13-7-14(25)9-15(8-13)27-11-12-5-6-12/h2-4,7-9,12,25H,5-6,10-11H2,1H3,(H,22,26). The van der Waals surface area contributed by atoms with Crippen molar-refractivity contribution in [2.24, 2.45) is 13.0 Å². The average molecular weight is 386 g/mol. The van der Waals surface area contributed by atoms with Gasteiger partial charge in [-0.3, -0.25) is 9.48 Å². The molecule has 7 heteroatoms. The SMILES string of the molecule is Cn1nc(CNC(=O)c2cc(O)cc(OCC3CC3)c2)c2c(Cl)cccc21. The van der Waals surface area contributed by atoms with Gasteiger partial charge in [0.25, 0.3) is 5.91 Å². The number of phenols is 1. The maximum atomic E-state index is 12.6. The smallest absolute Gasteiger partial charge is 0.251 e. The van der Waals surface area contributed by atoms with Gasteiger partial charge in [0.2, 0.25) is 0 Å². The van der Waals surface area contributed by atoms with Crippen LogP contribution in [0.15, 0.2) is 36.4 Å². The van der Waals surface area contributed by atoms with Crippen molar-refractivity contribution >= 4 is 28.4 Å². The molecular weight excluding hydrogens is 366 g/mol. The second-order valence-corrected chi connectivity index (χ2v) is 7.26. The lowest BCUT2D eigenvalue weighted by atomic mass is 10.1. The fourth-order valence-electron chi connectivity index (χ4n) is 3.04. The first-order valence-electron chi connectivity index (χ1n) is 8.86. The lowest BCUT2D eigenvalue weighted by molar-refractivity contribution is 0.0949. The molecular formula is C20H20ClN3O3. The largest absolute Gasteiger partial charge is 0.508 e. The number of ether oxygens (including phenoxy) is 1. The van der Waals surface area contributed by atoms with Crippen LogP contribution in [0, 0.1) is 5.92 Å². The fourth-order valence-corrected chi connectivity index (χ4v) is 3.32. The minimum Gasteiger partial charge on any atom is -0.508 e. The average Bonchev–Trinajstić information content (AvgIpc) is 3.41. The Hall–Kier alpha value is -2.73. The first-order chi connectivity index (χ1) is 13.0. The first-order valence-corrected chi connectivity index (χ1v) is 9.24. The van der Waals surface area contributed by atoms with E-state index in [1.54, 1.807) is 16.8 Å². The molecule has 4 rings (SSSR count). The van der Waals surface area contributed by atoms with E-state index in [1.165, 1.54) is 25.0 Å². The molecule has 1 heterocycles. The van der Waals surface area contributed by atoms with Crippen molar-refractivity contribution in [1.29, 1.82) is 0 Å². The highest BCUT2D eigenvalue weighted by molar-refractivity contribution is 6.35. The summed E-state index contributed by atoms with van der Waals surface area (Å²) in [5, 5.41) is 18.6. The molecule has 1 fully saturated rings. The van der Waals surface area contributed by atoms with Crippen LogP contribution in [0.5, 0.6) is 11.5 Å². The maximum absolute atomic E-state index is 12.6. The van der Waals surface area contributed by atoms with Crippen molar-refractivity contribution in [3.63, 3.8) is 0 Å². The van der Waals surface area contributed by atoms with E-state index in [2.05, 4.69) is 10.4 Å². The van der Waals surface area contributed by atoms with Crippen molar-refractivity contribution in [2.75, 3.05) is 6.61 Å². The Morgan fingerprint density at radius 1 is 1.37 bits per heavy atom. The third-order valence-corrected chi connectivity index (χ3v) is 4.97. The van der Waals surface area contributed by atoms with E-state index >= 15 is 0 Å². The number of nitrogens with zero attached hydrogens (tertiary/aromatic N) is 2. The van der Waals surface area contributed by atoms with E-state index < -0.39 is 0 Å². The maximum Gasteiger partial charge on any atom is 0.251 e. The number of rotatable bonds is 6. The van der Waals surface area contributed by atoms with Crippen LogP contribution in [0.2, 0.25) is 5.02 Å². The number of benzene rings is 2. The highest BCUT2D eigenvalue weighted by atomic mass is 35.5. The zero-order valence-corrected chi connectivity index (χ0v) is 15.7. The highest BCUT2D eigenvalue weighted by Gasteiger charge is 2.22. The molecule has 1 saturated carbocycles. The second kappa shape index (κ2) is 7.12. The van der Waals surface area contributed by atoms with Crippen molar-refractivity contribution in [2.45, 2.75) is 19.4 Å². The Morgan fingerprint density at radius 3 is 2.96 bits per heavy atom. The Bertz CT molecular complexity index is 1010. The summed E-state index contributed by atoms with van der Waals surface area (Å²) in [7, 11) is 1.84. The van der Waals surface area contributed by atoms with Gasteiger partial charge in [-0.15, -0.1) is 0 Å². The molecule has 0 unspecified atom stereocenters. The summed E-state index contributed by atoms with van der Waals surface area (Å²) in [6.45, 7) is 0.844. The number of amides is 1. The summed E-state index contributed by atoms with van der Waals surface area (Å²) >= 11 is 6.30. The molecule has 1 aliphatic carbocycles. The molecule has 1 aromatic heterocycles. The van der Waals surface area contributed by atoms with Crippen molar-refractivity contribution < 1.29 is 14.6 Å². The van der Waals surface area contributed by atoms with E-state index in [0.29, 0.717) is 34.6 Å². The van der Waals surface area contributed by atoms with Crippen LogP contribution in [0.4, 0.5) is 0 Å². The number of phenolic OH excluding ortho intramolecular Hbond substituents is 1. The molecule has 0 aliphatic heterocycles. The van der Waals surface area contributed by atoms with Gasteiger partial charge < -0.3 is 15.2 Å². The van der Waals surface area contributed by atoms with Crippen LogP contribution in [0.25, 0.3) is 10.9 Å². The topological polar surface area (TPSA) is 76.4 Å². The van der Waals surface area contributed by atoms with Gasteiger partial charge in [-0.1, -0.05) is 17.7 Å². The van der Waals surface area contributed by atoms with Crippen LogP contribution in [0.1, 0.15) is 28.9 Å². The molecule has 0 saturated heterocycles. The predicted octanol–water partition coefficient (Wildman–Crippen LogP) is 3.65. The van der Waals surface area contributed by atoms with Crippen molar-refractivity contribution in [3.8, 4) is 11.5 Å². The van der Waals surface area contributed by atoms with Gasteiger partial charge in [-0.2, -0.15) is 5.10 Å². The summed E-state index contributed by atoms with van der Waals surface area (Å²) in [5.41, 5.74) is 1.93. The van der Waals surface area contributed by atoms with E-state index in [1.807, 2.05) is 19.2 Å². The van der Waals surface area contributed by atoms with Crippen molar-refractivity contribution in [3.05, 3.63) is 52.7 Å². The van der Waals surface area contributed by atoms with Gasteiger partial charge in [0.1, 0.15) is 11.5 Å². The molecule has 2 aromatic carbocycles. The Morgan fingerprint density at radius 2 is 2.19 bits per heavy atom. The number of halogens is 1. The number of hydrogen-bond acceptors (Lipinski definition) is 4. The predicted molar refractivity (Wildman–Crippen MR) is 103 cm³/mol. The normalized spacial score (nSPS) is 13.7. The van der Waals surface area contributed by atoms with Gasteiger partial charge in [0.15, 0.2) is 0 Å². The van der Waals surface area contributed by atoms with E-state index in [-0.39, 0.29) is 18.2 Å². The number of aromatic hydroxyl groups is 1. The summed E-state index contributed by atoms with van der Waals surface area (Å²) in [6.07, 6.45) is 2.35. The molecule has 1 amide bonds. The number of aromatic nitrogens is 2. The molecule has 0 spiro atoms. The van der Waals surface area contributed by atoms with Gasteiger partial charge in [-0.25, -0.2) is 0 Å². The third kappa shape index (κ3) is 3.85. The lowest BCUT2D eigenvalue weighted by Crippen LogP contribution is -2.23. The van der Waals surface area contributed by atoms with Crippen LogP contribution in [-0.2, 0) is 13.6 Å². The summed E-state index contributed by atoms with van der Waals surface area (Å²) < 4.78 is 7.40. The zero-order chi connectivity index (χ0) is 19.0. The highest BCUT2D eigenvalue weighted by Crippen LogP contribution is 2.31. The number of carbonyl (C=O) groups excluding carboxylic acids is 1. The van der Waals surface area contributed by atoms with Crippen LogP contribution >= 0.6 is 11.6 Å². The lowest BCUT2D eigenvalue weighted by Gasteiger charge is -2.09. The van der Waals surface area contributed by atoms with Crippen LogP contribution < -0.4 is 10.1 Å². The van der Waals surface area contributed by atoms with E-state index in [0.717, 1.165) is 10.9 Å². The molecule has 0 atom stereocenters. The van der Waals surface area contributed by atoms with Crippen LogP contribution in [-0.4, -0.2) is 27.4 Å². The molecule has 6 nitrogen and oxygen atoms in total. The molecule has 2 N–H and O–H groups in total. The van der Waals surface area contributed by atoms with E-state index in [9.17, 15) is 9.90 Å². The second-order valence-electron chi connectivity index (χ2n) is 6.86. The van der Waals surface area contributed by atoms with E-state index in [4.69, 9.17) is 16.3 Å². The summed E-state index contributed by atoms with van der Waals surface area (Å²) in [4.78, 5) is 12.6. The number of fused-ring (bicyclic) bond motifs is 1. The van der Waals surface area contributed by atoms with Crippen molar-refractivity contribution in [1.82, 2.24) is 15.1 Å². The van der Waals surface area contributed by atoms with Gasteiger partial charge in [0, 0.05) is 24.1 Å². The molecule has 27 heavy (non-hydrogen) atoms. The van der Waals surface area contributed by atoms with Gasteiger partial charge in [0.05, 0.1) is 29.4 Å². The summed E-state index contributed by atoms with van der Waals surface area (Å²) in [5.74, 6) is 0.776. The number of nitrogens with one attached hydrogen (secondary N) is 1. The number of carbonyl (C=O) groups is 1. The third-order valence-electron chi connectivity index (χ3n) is 4.65. The minimum absolute atomic E-state index is 0.000206. The quantitative estimate of drug-likeness (QED) is 0.679. The number of hydrogen-bond donors (Lipinski definition) is 2. The molecule has 140 valence electrons. The molecule has 1 aliphatic rings. The monoisotopic (exact) mass is 385 g/mol. The van der Waals surface area contributed by atoms with Gasteiger partial charge in [-0.05, 0) is 43.0 Å². The first kappa shape index (κ1) is 17.7. The Labute approximate surface area is 161 Å².